The first-order chi connectivity index (χ1) is 9.30. The van der Waals surface area contributed by atoms with Gasteiger partial charge in [0.15, 0.2) is 0 Å². The molecule has 7 heteroatoms. The van der Waals surface area contributed by atoms with Gasteiger partial charge in [-0.15, -0.1) is 0 Å². The summed E-state index contributed by atoms with van der Waals surface area (Å²) < 4.78 is 38.5. The van der Waals surface area contributed by atoms with E-state index in [0.717, 1.165) is 23.4 Å². The van der Waals surface area contributed by atoms with Crippen LogP contribution in [-0.2, 0) is 14.8 Å². The van der Waals surface area contributed by atoms with Gasteiger partial charge in [0.25, 0.3) is 0 Å². The van der Waals surface area contributed by atoms with Crippen molar-refractivity contribution in [2.75, 3.05) is 10.6 Å². The molecule has 0 radical (unpaired) electrons. The minimum absolute atomic E-state index is 0.117. The molecule has 1 aliphatic rings. The number of amides is 1. The SMILES string of the molecule is CC(C(=O)NC1CC1)N(c1ccccc1F)S(C)(=O)=O. The van der Waals surface area contributed by atoms with Crippen molar-refractivity contribution in [3.05, 3.63) is 30.1 Å². The molecule has 2 rings (SSSR count). The summed E-state index contributed by atoms with van der Waals surface area (Å²) >= 11 is 0. The van der Waals surface area contributed by atoms with E-state index in [4.69, 9.17) is 0 Å². The summed E-state index contributed by atoms with van der Waals surface area (Å²) in [6.07, 6.45) is 2.76. The predicted molar refractivity (Wildman–Crippen MR) is 74.3 cm³/mol. The zero-order valence-corrected chi connectivity index (χ0v) is 12.2. The highest BCUT2D eigenvalue weighted by Gasteiger charge is 2.33. The number of sulfonamides is 1. The van der Waals surface area contributed by atoms with Crippen molar-refractivity contribution in [1.82, 2.24) is 5.32 Å². The van der Waals surface area contributed by atoms with Gasteiger partial charge in [0.2, 0.25) is 15.9 Å². The Labute approximate surface area is 117 Å². The monoisotopic (exact) mass is 300 g/mol. The molecule has 1 saturated carbocycles. The van der Waals surface area contributed by atoms with E-state index >= 15 is 0 Å². The van der Waals surface area contributed by atoms with Crippen LogP contribution in [0, 0.1) is 5.82 Å². The van der Waals surface area contributed by atoms with Gasteiger partial charge in [0, 0.05) is 6.04 Å². The molecule has 20 heavy (non-hydrogen) atoms. The molecule has 1 fully saturated rings. The fourth-order valence-corrected chi connectivity index (χ4v) is 3.14. The lowest BCUT2D eigenvalue weighted by atomic mass is 10.2. The van der Waals surface area contributed by atoms with Crippen LogP contribution < -0.4 is 9.62 Å². The predicted octanol–water partition coefficient (Wildman–Crippen LogP) is 1.26. The maximum atomic E-state index is 13.8. The van der Waals surface area contributed by atoms with Crippen molar-refractivity contribution < 1.29 is 17.6 Å². The first-order valence-corrected chi connectivity index (χ1v) is 8.20. The molecular formula is C13H17FN2O3S. The summed E-state index contributed by atoms with van der Waals surface area (Å²) in [5.74, 6) is -1.09. The number of nitrogens with one attached hydrogen (secondary N) is 1. The third-order valence-electron chi connectivity index (χ3n) is 3.10. The second-order valence-corrected chi connectivity index (χ2v) is 6.83. The van der Waals surface area contributed by atoms with E-state index in [1.54, 1.807) is 0 Å². The number of hydrogen-bond donors (Lipinski definition) is 1. The number of hydrogen-bond acceptors (Lipinski definition) is 3. The number of para-hydroxylation sites is 1. The molecule has 0 heterocycles. The van der Waals surface area contributed by atoms with Gasteiger partial charge in [0.05, 0.1) is 11.9 Å². The molecule has 1 amide bonds. The Hall–Kier alpha value is -1.63. The highest BCUT2D eigenvalue weighted by Crippen LogP contribution is 2.25. The van der Waals surface area contributed by atoms with Crippen molar-refractivity contribution in [1.29, 1.82) is 0 Å². The number of halogens is 1. The lowest BCUT2D eigenvalue weighted by Crippen LogP contribution is -2.48. The van der Waals surface area contributed by atoms with E-state index in [9.17, 15) is 17.6 Å². The van der Waals surface area contributed by atoms with Gasteiger partial charge in [-0.05, 0) is 31.9 Å². The number of benzene rings is 1. The number of nitrogens with zero attached hydrogens (tertiary/aromatic N) is 1. The summed E-state index contributed by atoms with van der Waals surface area (Å²) in [6, 6.07) is 4.63. The number of rotatable bonds is 5. The smallest absolute Gasteiger partial charge is 0.243 e. The highest BCUT2D eigenvalue weighted by molar-refractivity contribution is 7.92. The molecule has 0 spiro atoms. The van der Waals surface area contributed by atoms with Crippen LogP contribution in [0.15, 0.2) is 24.3 Å². The normalized spacial score (nSPS) is 16.6. The minimum atomic E-state index is -3.77. The molecule has 5 nitrogen and oxygen atoms in total. The Balaban J connectivity index is 2.33. The summed E-state index contributed by atoms with van der Waals surface area (Å²) in [5, 5.41) is 2.73. The minimum Gasteiger partial charge on any atom is -0.352 e. The number of carbonyl (C=O) groups is 1. The molecule has 1 N–H and O–H groups in total. The van der Waals surface area contributed by atoms with Crippen LogP contribution in [-0.4, -0.2) is 32.7 Å². The zero-order valence-electron chi connectivity index (χ0n) is 11.3. The first kappa shape index (κ1) is 14.8. The fraction of sp³-hybridized carbons (Fsp3) is 0.462. The van der Waals surface area contributed by atoms with Crippen molar-refractivity contribution in [2.45, 2.75) is 31.8 Å². The van der Waals surface area contributed by atoms with Crippen molar-refractivity contribution >= 4 is 21.6 Å². The van der Waals surface area contributed by atoms with Crippen LogP contribution in [0.25, 0.3) is 0 Å². The summed E-state index contributed by atoms with van der Waals surface area (Å²) in [6.45, 7) is 1.45. The second-order valence-electron chi connectivity index (χ2n) is 4.97. The Morgan fingerprint density at radius 1 is 1.40 bits per heavy atom. The molecule has 0 aromatic heterocycles. The fourth-order valence-electron chi connectivity index (χ4n) is 1.96. The van der Waals surface area contributed by atoms with Gasteiger partial charge in [-0.2, -0.15) is 0 Å². The molecule has 0 aliphatic heterocycles. The Morgan fingerprint density at radius 3 is 2.50 bits per heavy atom. The van der Waals surface area contributed by atoms with Gasteiger partial charge in [-0.1, -0.05) is 12.1 Å². The number of carbonyl (C=O) groups excluding carboxylic acids is 1. The van der Waals surface area contributed by atoms with E-state index in [1.165, 1.54) is 31.2 Å². The molecule has 1 aromatic rings. The Morgan fingerprint density at radius 2 is 2.00 bits per heavy atom. The van der Waals surface area contributed by atoms with Crippen molar-refractivity contribution in [3.63, 3.8) is 0 Å². The summed E-state index contributed by atoms with van der Waals surface area (Å²) in [4.78, 5) is 12.0. The van der Waals surface area contributed by atoms with Crippen LogP contribution in [0.5, 0.6) is 0 Å². The van der Waals surface area contributed by atoms with Crippen LogP contribution in [0.4, 0.5) is 10.1 Å². The number of anilines is 1. The highest BCUT2D eigenvalue weighted by atomic mass is 32.2. The maximum absolute atomic E-state index is 13.8. The molecular weight excluding hydrogens is 283 g/mol. The maximum Gasteiger partial charge on any atom is 0.243 e. The molecule has 1 unspecified atom stereocenters. The zero-order chi connectivity index (χ0) is 14.9. The summed E-state index contributed by atoms with van der Waals surface area (Å²) in [7, 11) is -3.77. The van der Waals surface area contributed by atoms with Crippen LogP contribution >= 0.6 is 0 Å². The largest absolute Gasteiger partial charge is 0.352 e. The van der Waals surface area contributed by atoms with Crippen LogP contribution in [0.2, 0.25) is 0 Å². The van der Waals surface area contributed by atoms with Crippen LogP contribution in [0.1, 0.15) is 19.8 Å². The standard InChI is InChI=1S/C13H17FN2O3S/c1-9(13(17)15-10-7-8-10)16(20(2,18)19)12-6-4-3-5-11(12)14/h3-6,9-10H,7-8H2,1-2H3,(H,15,17). The van der Waals surface area contributed by atoms with E-state index in [1.807, 2.05) is 0 Å². The molecule has 1 aliphatic carbocycles. The van der Waals surface area contributed by atoms with E-state index < -0.39 is 27.8 Å². The van der Waals surface area contributed by atoms with Gasteiger partial charge in [-0.3, -0.25) is 9.10 Å². The van der Waals surface area contributed by atoms with Crippen molar-refractivity contribution in [3.8, 4) is 0 Å². The Kier molecular flexibility index (Phi) is 3.99. The van der Waals surface area contributed by atoms with Gasteiger partial charge in [0.1, 0.15) is 11.9 Å². The Bertz CT molecular complexity index is 614. The van der Waals surface area contributed by atoms with Gasteiger partial charge in [-0.25, -0.2) is 12.8 Å². The van der Waals surface area contributed by atoms with Crippen molar-refractivity contribution in [2.24, 2.45) is 0 Å². The quantitative estimate of drug-likeness (QED) is 0.890. The molecule has 1 atom stereocenters. The third-order valence-corrected chi connectivity index (χ3v) is 4.33. The molecule has 110 valence electrons. The average Bonchev–Trinajstić information content (AvgIpc) is 3.14. The van der Waals surface area contributed by atoms with E-state index in [-0.39, 0.29) is 11.7 Å². The van der Waals surface area contributed by atoms with Crippen LogP contribution in [0.3, 0.4) is 0 Å². The first-order valence-electron chi connectivity index (χ1n) is 6.35. The second kappa shape index (κ2) is 5.40. The van der Waals surface area contributed by atoms with Gasteiger partial charge < -0.3 is 5.32 Å². The van der Waals surface area contributed by atoms with E-state index in [0.29, 0.717) is 0 Å². The van der Waals surface area contributed by atoms with Gasteiger partial charge >= 0.3 is 0 Å². The lowest BCUT2D eigenvalue weighted by Gasteiger charge is -2.28. The van der Waals surface area contributed by atoms with E-state index in [2.05, 4.69) is 5.32 Å². The topological polar surface area (TPSA) is 66.5 Å². The molecule has 0 saturated heterocycles. The average molecular weight is 300 g/mol. The molecule has 0 bridgehead atoms. The summed E-state index contributed by atoms with van der Waals surface area (Å²) in [5.41, 5.74) is -0.117. The molecule has 1 aromatic carbocycles. The third kappa shape index (κ3) is 3.27. The lowest BCUT2D eigenvalue weighted by molar-refractivity contribution is -0.121.